The Kier molecular flexibility index (Phi) is 4.35. The van der Waals surface area contributed by atoms with Gasteiger partial charge in [0, 0.05) is 5.92 Å². The Hall–Kier alpha value is -1.03. The van der Waals surface area contributed by atoms with Gasteiger partial charge in [0.25, 0.3) is 0 Å². The molecule has 1 aliphatic heterocycles. The zero-order valence-electron chi connectivity index (χ0n) is 10.5. The highest BCUT2D eigenvalue weighted by molar-refractivity contribution is 5.82. The van der Waals surface area contributed by atoms with Crippen molar-refractivity contribution in [3.05, 3.63) is 11.8 Å². The van der Waals surface area contributed by atoms with Crippen LogP contribution in [0.15, 0.2) is 11.8 Å². The van der Waals surface area contributed by atoms with Crippen LogP contribution in [0.3, 0.4) is 0 Å². The molecule has 0 spiro atoms. The summed E-state index contributed by atoms with van der Waals surface area (Å²) in [5.74, 6) is 0.679. The van der Waals surface area contributed by atoms with Crippen LogP contribution < -0.4 is 0 Å². The van der Waals surface area contributed by atoms with E-state index >= 15 is 0 Å². The van der Waals surface area contributed by atoms with Gasteiger partial charge >= 0.3 is 5.97 Å². The van der Waals surface area contributed by atoms with E-state index in [0.717, 1.165) is 0 Å². The monoisotopic (exact) mass is 228 g/mol. The zero-order chi connectivity index (χ0) is 12.3. The molecule has 92 valence electrons. The number of esters is 1. The third-order valence-corrected chi connectivity index (χ3v) is 2.42. The van der Waals surface area contributed by atoms with Gasteiger partial charge in [-0.25, -0.2) is 4.79 Å². The van der Waals surface area contributed by atoms with Crippen LogP contribution in [-0.2, 0) is 19.0 Å². The maximum absolute atomic E-state index is 11.2. The molecule has 0 aliphatic carbocycles. The van der Waals surface area contributed by atoms with E-state index < -0.39 is 5.97 Å². The van der Waals surface area contributed by atoms with Gasteiger partial charge in [-0.2, -0.15) is 0 Å². The number of ether oxygens (including phenoxy) is 3. The molecule has 4 heteroatoms. The highest BCUT2D eigenvalue weighted by atomic mass is 16.7. The van der Waals surface area contributed by atoms with E-state index in [1.54, 1.807) is 0 Å². The zero-order valence-corrected chi connectivity index (χ0v) is 10.5. The average molecular weight is 228 g/mol. The molecule has 0 bridgehead atoms. The Labute approximate surface area is 96.6 Å². The van der Waals surface area contributed by atoms with Crippen molar-refractivity contribution in [2.75, 3.05) is 7.11 Å². The molecule has 0 aromatic heterocycles. The van der Waals surface area contributed by atoms with E-state index in [1.165, 1.54) is 13.2 Å². The molecule has 0 aromatic rings. The van der Waals surface area contributed by atoms with Crippen LogP contribution in [0.1, 0.15) is 27.7 Å². The van der Waals surface area contributed by atoms with Crippen molar-refractivity contribution in [2.24, 2.45) is 11.8 Å². The second kappa shape index (κ2) is 5.34. The first-order chi connectivity index (χ1) is 7.45. The minimum absolute atomic E-state index is 0.161. The summed E-state index contributed by atoms with van der Waals surface area (Å²) >= 11 is 0. The standard InChI is InChI=1S/C12H20O4/c1-7(2)11-9(6-10(13)14-5)15-12(16-11)8(3)4/h6-8,11-12H,1-5H3/b9-6-. The fourth-order valence-electron chi connectivity index (χ4n) is 1.51. The molecule has 0 N–H and O–H groups in total. The van der Waals surface area contributed by atoms with Crippen LogP contribution in [-0.4, -0.2) is 25.5 Å². The van der Waals surface area contributed by atoms with Crippen molar-refractivity contribution < 1.29 is 19.0 Å². The summed E-state index contributed by atoms with van der Waals surface area (Å²) in [6.07, 6.45) is 0.933. The first-order valence-corrected chi connectivity index (χ1v) is 5.57. The lowest BCUT2D eigenvalue weighted by Gasteiger charge is -2.14. The maximum atomic E-state index is 11.2. The second-order valence-corrected chi connectivity index (χ2v) is 4.60. The molecule has 16 heavy (non-hydrogen) atoms. The highest BCUT2D eigenvalue weighted by Crippen LogP contribution is 2.31. The van der Waals surface area contributed by atoms with E-state index in [9.17, 15) is 4.79 Å². The molecule has 2 unspecified atom stereocenters. The summed E-state index contributed by atoms with van der Waals surface area (Å²) in [5.41, 5.74) is 0. The third-order valence-electron chi connectivity index (χ3n) is 2.42. The van der Waals surface area contributed by atoms with Gasteiger partial charge in [0.05, 0.1) is 13.2 Å². The fraction of sp³-hybridized carbons (Fsp3) is 0.750. The number of methoxy groups -OCH3 is 1. The Balaban J connectivity index is 2.81. The van der Waals surface area contributed by atoms with E-state index in [4.69, 9.17) is 9.47 Å². The van der Waals surface area contributed by atoms with Gasteiger partial charge in [-0.05, 0) is 5.92 Å². The molecule has 0 amide bonds. The minimum atomic E-state index is -0.409. The lowest BCUT2D eigenvalue weighted by Crippen LogP contribution is -2.20. The van der Waals surface area contributed by atoms with Crippen molar-refractivity contribution in [2.45, 2.75) is 40.1 Å². The number of carbonyl (C=O) groups excluding carboxylic acids is 1. The fourth-order valence-corrected chi connectivity index (χ4v) is 1.51. The molecule has 0 radical (unpaired) electrons. The SMILES string of the molecule is COC(=O)/C=C1\OC(C(C)C)OC1C(C)C. The maximum Gasteiger partial charge on any atom is 0.333 e. The summed E-state index contributed by atoms with van der Waals surface area (Å²) < 4.78 is 15.9. The quantitative estimate of drug-likeness (QED) is 0.548. The molecule has 0 aromatic carbocycles. The van der Waals surface area contributed by atoms with Gasteiger partial charge in [0.15, 0.2) is 0 Å². The number of carbonyl (C=O) groups is 1. The number of hydrogen-bond donors (Lipinski definition) is 0. The van der Waals surface area contributed by atoms with Crippen molar-refractivity contribution in [1.82, 2.24) is 0 Å². The lowest BCUT2D eigenvalue weighted by atomic mass is 10.1. The number of rotatable bonds is 3. The summed E-state index contributed by atoms with van der Waals surface area (Å²) in [4.78, 5) is 11.2. The van der Waals surface area contributed by atoms with E-state index in [1.807, 2.05) is 27.7 Å². The first-order valence-electron chi connectivity index (χ1n) is 5.57. The Morgan fingerprint density at radius 1 is 1.31 bits per heavy atom. The Bertz CT molecular complexity index is 281. The van der Waals surface area contributed by atoms with E-state index in [-0.39, 0.29) is 24.2 Å². The van der Waals surface area contributed by atoms with Gasteiger partial charge < -0.3 is 14.2 Å². The normalized spacial score (nSPS) is 27.6. The van der Waals surface area contributed by atoms with Crippen LogP contribution in [0, 0.1) is 11.8 Å². The smallest absolute Gasteiger partial charge is 0.333 e. The molecule has 2 atom stereocenters. The largest absolute Gasteiger partial charge is 0.466 e. The van der Waals surface area contributed by atoms with Crippen molar-refractivity contribution >= 4 is 5.97 Å². The van der Waals surface area contributed by atoms with Crippen molar-refractivity contribution in [3.63, 3.8) is 0 Å². The van der Waals surface area contributed by atoms with Gasteiger partial charge in [0.1, 0.15) is 11.9 Å². The predicted octanol–water partition coefficient (Wildman–Crippen LogP) is 2.10. The predicted molar refractivity (Wildman–Crippen MR) is 59.5 cm³/mol. The Morgan fingerprint density at radius 2 is 1.94 bits per heavy atom. The lowest BCUT2D eigenvalue weighted by molar-refractivity contribution is -0.135. The van der Waals surface area contributed by atoms with Crippen LogP contribution in [0.2, 0.25) is 0 Å². The Morgan fingerprint density at radius 3 is 2.38 bits per heavy atom. The van der Waals surface area contributed by atoms with Gasteiger partial charge in [-0.15, -0.1) is 0 Å². The molecular weight excluding hydrogens is 208 g/mol. The van der Waals surface area contributed by atoms with Gasteiger partial charge in [-0.1, -0.05) is 27.7 Å². The summed E-state index contributed by atoms with van der Waals surface area (Å²) in [5, 5.41) is 0. The molecule has 1 saturated heterocycles. The van der Waals surface area contributed by atoms with Gasteiger partial charge in [0.2, 0.25) is 6.29 Å². The van der Waals surface area contributed by atoms with E-state index in [2.05, 4.69) is 4.74 Å². The minimum Gasteiger partial charge on any atom is -0.466 e. The first kappa shape index (κ1) is 13.0. The molecular formula is C12H20O4. The van der Waals surface area contributed by atoms with Crippen LogP contribution in [0.25, 0.3) is 0 Å². The number of hydrogen-bond acceptors (Lipinski definition) is 4. The summed E-state index contributed by atoms with van der Waals surface area (Å²) in [6, 6.07) is 0. The van der Waals surface area contributed by atoms with Crippen LogP contribution in [0.5, 0.6) is 0 Å². The molecule has 4 nitrogen and oxygen atoms in total. The van der Waals surface area contributed by atoms with Crippen LogP contribution >= 0.6 is 0 Å². The molecule has 1 heterocycles. The summed E-state index contributed by atoms with van der Waals surface area (Å²) in [7, 11) is 1.35. The average Bonchev–Trinajstić information content (AvgIpc) is 2.61. The van der Waals surface area contributed by atoms with Crippen molar-refractivity contribution in [3.8, 4) is 0 Å². The summed E-state index contributed by atoms with van der Waals surface area (Å²) in [6.45, 7) is 8.09. The molecule has 1 fully saturated rings. The topological polar surface area (TPSA) is 44.8 Å². The van der Waals surface area contributed by atoms with E-state index in [0.29, 0.717) is 5.76 Å². The molecule has 1 rings (SSSR count). The second-order valence-electron chi connectivity index (χ2n) is 4.60. The molecule has 0 saturated carbocycles. The third kappa shape index (κ3) is 2.98. The highest BCUT2D eigenvalue weighted by Gasteiger charge is 2.36. The van der Waals surface area contributed by atoms with Gasteiger partial charge in [-0.3, -0.25) is 0 Å². The van der Waals surface area contributed by atoms with Crippen LogP contribution in [0.4, 0.5) is 0 Å². The van der Waals surface area contributed by atoms with Crippen molar-refractivity contribution in [1.29, 1.82) is 0 Å². The molecule has 1 aliphatic rings.